The predicted octanol–water partition coefficient (Wildman–Crippen LogP) is 4.77. The maximum atomic E-state index is 13.0. The second kappa shape index (κ2) is 5.82. The number of halogens is 3. The van der Waals surface area contributed by atoms with E-state index in [2.05, 4.69) is 38.5 Å². The minimum atomic E-state index is -0.300. The minimum absolute atomic E-state index is 0.300. The van der Waals surface area contributed by atoms with Gasteiger partial charge in [-0.05, 0) is 56.7 Å². The Balaban J connectivity index is 2.12. The van der Waals surface area contributed by atoms with Gasteiger partial charge in [0.2, 0.25) is 0 Å². The van der Waals surface area contributed by atoms with E-state index in [9.17, 15) is 4.39 Å². The fourth-order valence-corrected chi connectivity index (χ4v) is 2.26. The fraction of sp³-hybridized carbons (Fsp3) is 0.0769. The number of rotatable bonds is 3. The molecule has 0 aliphatic carbocycles. The van der Waals surface area contributed by atoms with Crippen molar-refractivity contribution < 1.29 is 9.13 Å². The molecule has 0 amide bonds. The van der Waals surface area contributed by atoms with Crippen LogP contribution in [0.2, 0.25) is 0 Å². The maximum Gasteiger partial charge on any atom is 0.136 e. The monoisotopic (exact) mass is 406 g/mol. The van der Waals surface area contributed by atoms with Crippen LogP contribution in [0.5, 0.6) is 5.75 Å². The summed E-state index contributed by atoms with van der Waals surface area (Å²) in [6, 6.07) is 12.4. The first-order valence-corrected chi connectivity index (χ1v) is 6.85. The molecule has 0 aliphatic heterocycles. The summed E-state index contributed by atoms with van der Waals surface area (Å²) in [6.45, 7) is 0.432. The molecule has 0 bridgehead atoms. The van der Waals surface area contributed by atoms with Crippen LogP contribution in [0.4, 0.5) is 4.39 Å². The molecule has 0 aromatic heterocycles. The van der Waals surface area contributed by atoms with Crippen molar-refractivity contribution in [3.05, 3.63) is 61.9 Å². The molecule has 0 heterocycles. The lowest BCUT2D eigenvalue weighted by molar-refractivity contribution is 0.302. The first-order chi connectivity index (χ1) is 8.16. The van der Waals surface area contributed by atoms with E-state index < -0.39 is 0 Å². The Morgan fingerprint density at radius 3 is 2.71 bits per heavy atom. The molecule has 88 valence electrons. The van der Waals surface area contributed by atoms with Crippen LogP contribution in [0.1, 0.15) is 5.56 Å². The lowest BCUT2D eigenvalue weighted by Crippen LogP contribution is -1.98. The van der Waals surface area contributed by atoms with Crippen molar-refractivity contribution in [2.75, 3.05) is 0 Å². The summed E-state index contributed by atoms with van der Waals surface area (Å²) >= 11 is 5.58. The Labute approximate surface area is 121 Å². The second-order valence-electron chi connectivity index (χ2n) is 3.45. The van der Waals surface area contributed by atoms with Gasteiger partial charge < -0.3 is 4.74 Å². The van der Waals surface area contributed by atoms with Gasteiger partial charge in [0, 0.05) is 15.2 Å². The van der Waals surface area contributed by atoms with E-state index in [1.165, 1.54) is 12.1 Å². The van der Waals surface area contributed by atoms with E-state index in [0.717, 1.165) is 13.6 Å². The summed E-state index contributed by atoms with van der Waals surface area (Å²) in [4.78, 5) is 0. The molecule has 0 N–H and O–H groups in total. The Kier molecular flexibility index (Phi) is 4.39. The first kappa shape index (κ1) is 12.8. The van der Waals surface area contributed by atoms with Gasteiger partial charge in [-0.1, -0.05) is 18.2 Å². The van der Waals surface area contributed by atoms with Crippen LogP contribution < -0.4 is 4.74 Å². The van der Waals surface area contributed by atoms with Gasteiger partial charge >= 0.3 is 0 Å². The van der Waals surface area contributed by atoms with E-state index >= 15 is 0 Å². The van der Waals surface area contributed by atoms with Gasteiger partial charge in [0.05, 0.1) is 4.47 Å². The normalized spacial score (nSPS) is 10.3. The highest BCUT2D eigenvalue weighted by Crippen LogP contribution is 2.26. The first-order valence-electron chi connectivity index (χ1n) is 4.98. The highest BCUT2D eigenvalue weighted by molar-refractivity contribution is 14.1. The van der Waals surface area contributed by atoms with Crippen molar-refractivity contribution in [1.29, 1.82) is 0 Å². The Morgan fingerprint density at radius 1 is 1.18 bits per heavy atom. The van der Waals surface area contributed by atoms with E-state index in [4.69, 9.17) is 4.74 Å². The highest BCUT2D eigenvalue weighted by atomic mass is 127. The van der Waals surface area contributed by atoms with Gasteiger partial charge in [0.25, 0.3) is 0 Å². The molecular weight excluding hydrogens is 398 g/mol. The third kappa shape index (κ3) is 3.42. The summed E-state index contributed by atoms with van der Waals surface area (Å²) in [6.07, 6.45) is 0. The van der Waals surface area contributed by atoms with E-state index in [-0.39, 0.29) is 5.82 Å². The molecule has 2 rings (SSSR count). The summed E-state index contributed by atoms with van der Waals surface area (Å²) in [5, 5.41) is 0. The van der Waals surface area contributed by atoms with Gasteiger partial charge in [0.1, 0.15) is 18.2 Å². The summed E-state index contributed by atoms with van der Waals surface area (Å²) in [7, 11) is 0. The molecule has 1 nitrogen and oxygen atoms in total. The van der Waals surface area contributed by atoms with Crippen molar-refractivity contribution in [2.45, 2.75) is 6.61 Å². The zero-order valence-electron chi connectivity index (χ0n) is 8.79. The molecule has 0 atom stereocenters. The van der Waals surface area contributed by atoms with Crippen LogP contribution in [-0.4, -0.2) is 0 Å². The van der Waals surface area contributed by atoms with Crippen LogP contribution in [-0.2, 0) is 6.61 Å². The van der Waals surface area contributed by atoms with Crippen LogP contribution >= 0.6 is 38.5 Å². The number of benzene rings is 2. The Hall–Kier alpha value is -0.620. The largest absolute Gasteiger partial charge is 0.488 e. The van der Waals surface area contributed by atoms with Crippen molar-refractivity contribution in [3.8, 4) is 5.75 Å². The lowest BCUT2D eigenvalue weighted by Gasteiger charge is -2.09. The third-order valence-corrected chi connectivity index (χ3v) is 3.94. The van der Waals surface area contributed by atoms with E-state index in [1.807, 2.05) is 24.3 Å². The zero-order chi connectivity index (χ0) is 12.3. The molecule has 0 spiro atoms. The maximum absolute atomic E-state index is 13.0. The molecule has 2 aromatic carbocycles. The van der Waals surface area contributed by atoms with E-state index in [1.54, 1.807) is 6.07 Å². The predicted molar refractivity (Wildman–Crippen MR) is 77.6 cm³/mol. The molecule has 0 radical (unpaired) electrons. The van der Waals surface area contributed by atoms with Crippen LogP contribution in [0.3, 0.4) is 0 Å². The average molecular weight is 407 g/mol. The lowest BCUT2D eigenvalue weighted by atomic mass is 10.2. The topological polar surface area (TPSA) is 9.23 Å². The summed E-state index contributed by atoms with van der Waals surface area (Å²) in [5.74, 6) is 0.218. The molecule has 4 heteroatoms. The van der Waals surface area contributed by atoms with Crippen molar-refractivity contribution in [3.63, 3.8) is 0 Å². The highest BCUT2D eigenvalue weighted by Gasteiger charge is 2.04. The number of hydrogen-bond acceptors (Lipinski definition) is 1. The third-order valence-electron chi connectivity index (χ3n) is 2.23. The van der Waals surface area contributed by atoms with E-state index in [0.29, 0.717) is 12.4 Å². The molecular formula is C13H9BrFIO. The Morgan fingerprint density at radius 2 is 1.94 bits per heavy atom. The number of hydrogen-bond donors (Lipinski definition) is 0. The number of ether oxygens (including phenoxy) is 1. The molecule has 0 unspecified atom stereocenters. The minimum Gasteiger partial charge on any atom is -0.488 e. The Bertz CT molecular complexity index is 531. The summed E-state index contributed by atoms with van der Waals surface area (Å²) in [5.41, 5.74) is 1.09. The van der Waals surface area contributed by atoms with Crippen molar-refractivity contribution in [1.82, 2.24) is 0 Å². The smallest absolute Gasteiger partial charge is 0.136 e. The van der Waals surface area contributed by atoms with Crippen LogP contribution in [0.15, 0.2) is 46.9 Å². The molecule has 0 fully saturated rings. The molecule has 0 saturated heterocycles. The van der Waals surface area contributed by atoms with Crippen molar-refractivity contribution in [2.24, 2.45) is 0 Å². The quantitative estimate of drug-likeness (QED) is 0.667. The zero-order valence-corrected chi connectivity index (χ0v) is 12.5. The SMILES string of the molecule is Fc1ccc(Br)c(OCc2ccccc2I)c1. The average Bonchev–Trinajstić information content (AvgIpc) is 2.32. The summed E-state index contributed by atoms with van der Waals surface area (Å²) < 4.78 is 20.5. The molecule has 2 aromatic rings. The van der Waals surface area contributed by atoms with Crippen LogP contribution in [0.25, 0.3) is 0 Å². The van der Waals surface area contributed by atoms with Gasteiger partial charge in [-0.25, -0.2) is 4.39 Å². The molecule has 17 heavy (non-hydrogen) atoms. The van der Waals surface area contributed by atoms with Gasteiger partial charge in [-0.2, -0.15) is 0 Å². The van der Waals surface area contributed by atoms with Crippen molar-refractivity contribution >= 4 is 38.5 Å². The second-order valence-corrected chi connectivity index (χ2v) is 5.47. The standard InChI is InChI=1S/C13H9BrFIO/c14-11-6-5-10(15)7-13(11)17-8-9-3-1-2-4-12(9)16/h1-7H,8H2. The fourth-order valence-electron chi connectivity index (χ4n) is 1.36. The molecule has 0 saturated carbocycles. The van der Waals surface area contributed by atoms with Gasteiger partial charge in [-0.3, -0.25) is 0 Å². The molecule has 0 aliphatic rings. The van der Waals surface area contributed by atoms with Crippen LogP contribution in [0, 0.1) is 9.39 Å². The van der Waals surface area contributed by atoms with Gasteiger partial charge in [0.15, 0.2) is 0 Å². The van der Waals surface area contributed by atoms with Gasteiger partial charge in [-0.15, -0.1) is 0 Å².